The summed E-state index contributed by atoms with van der Waals surface area (Å²) in [5.41, 5.74) is 0.914. The molecule has 154 valence electrons. The molecule has 1 aliphatic heterocycles. The van der Waals surface area contributed by atoms with Crippen LogP contribution in [0.2, 0.25) is 0 Å². The minimum absolute atomic E-state index is 0.00769. The Bertz CT molecular complexity index is 707. The topological polar surface area (TPSA) is 77.1 Å². The third kappa shape index (κ3) is 4.03. The van der Waals surface area contributed by atoms with E-state index in [2.05, 4.69) is 5.32 Å². The summed E-state index contributed by atoms with van der Waals surface area (Å²) in [5, 5.41) is 2.99. The van der Waals surface area contributed by atoms with Gasteiger partial charge in [0.15, 0.2) is 11.5 Å². The van der Waals surface area contributed by atoms with Crippen molar-refractivity contribution in [3.8, 4) is 17.2 Å². The first-order valence-corrected chi connectivity index (χ1v) is 9.90. The zero-order valence-corrected chi connectivity index (χ0v) is 17.1. The van der Waals surface area contributed by atoms with Crippen molar-refractivity contribution in [3.63, 3.8) is 0 Å². The molecule has 2 fully saturated rings. The van der Waals surface area contributed by atoms with Crippen molar-refractivity contribution in [1.29, 1.82) is 0 Å². The van der Waals surface area contributed by atoms with Crippen LogP contribution in [0.25, 0.3) is 0 Å². The Morgan fingerprint density at radius 2 is 1.71 bits per heavy atom. The van der Waals surface area contributed by atoms with Crippen molar-refractivity contribution < 1.29 is 23.8 Å². The first-order chi connectivity index (χ1) is 13.5. The molecule has 7 nitrogen and oxygen atoms in total. The molecule has 0 bridgehead atoms. The van der Waals surface area contributed by atoms with Crippen LogP contribution in [0.4, 0.5) is 0 Å². The number of likely N-dealkylation sites (tertiary alicyclic amines) is 1. The van der Waals surface area contributed by atoms with Gasteiger partial charge in [0.05, 0.1) is 27.2 Å². The number of nitrogens with one attached hydrogen (secondary N) is 1. The van der Waals surface area contributed by atoms with Gasteiger partial charge in [-0.1, -0.05) is 6.92 Å². The molecule has 0 spiro atoms. The summed E-state index contributed by atoms with van der Waals surface area (Å²) in [7, 11) is 4.71. The molecule has 1 saturated carbocycles. The molecule has 3 rings (SSSR count). The van der Waals surface area contributed by atoms with Gasteiger partial charge in [-0.15, -0.1) is 0 Å². The minimum Gasteiger partial charge on any atom is -0.493 e. The number of hydrogen-bond donors (Lipinski definition) is 1. The van der Waals surface area contributed by atoms with Gasteiger partial charge >= 0.3 is 0 Å². The predicted octanol–water partition coefficient (Wildman–Crippen LogP) is 2.19. The van der Waals surface area contributed by atoms with Crippen LogP contribution in [0, 0.1) is 11.8 Å². The van der Waals surface area contributed by atoms with Crippen LogP contribution in [0.3, 0.4) is 0 Å². The fraction of sp³-hybridized carbons (Fsp3) is 0.619. The summed E-state index contributed by atoms with van der Waals surface area (Å²) in [6.45, 7) is 3.63. The van der Waals surface area contributed by atoms with Crippen LogP contribution in [0.1, 0.15) is 37.7 Å². The van der Waals surface area contributed by atoms with Gasteiger partial charge in [0, 0.05) is 31.5 Å². The maximum atomic E-state index is 12.8. The van der Waals surface area contributed by atoms with E-state index in [1.807, 2.05) is 24.0 Å². The third-order valence-corrected chi connectivity index (χ3v) is 5.56. The summed E-state index contributed by atoms with van der Waals surface area (Å²) in [5.74, 6) is 1.51. The number of carbonyl (C=O) groups excluding carboxylic acids is 2. The van der Waals surface area contributed by atoms with E-state index >= 15 is 0 Å². The molecule has 0 radical (unpaired) electrons. The second kappa shape index (κ2) is 8.71. The molecule has 1 aromatic carbocycles. The highest BCUT2D eigenvalue weighted by Gasteiger charge is 2.44. The van der Waals surface area contributed by atoms with Crippen LogP contribution in [0.15, 0.2) is 12.1 Å². The highest BCUT2D eigenvalue weighted by Crippen LogP contribution is 2.44. The van der Waals surface area contributed by atoms with Crippen molar-refractivity contribution in [2.45, 2.75) is 32.1 Å². The Hall–Kier alpha value is -2.44. The molecule has 2 atom stereocenters. The van der Waals surface area contributed by atoms with Gasteiger partial charge in [-0.25, -0.2) is 0 Å². The van der Waals surface area contributed by atoms with E-state index < -0.39 is 0 Å². The average molecular weight is 390 g/mol. The number of carbonyl (C=O) groups is 2. The van der Waals surface area contributed by atoms with Crippen LogP contribution in [-0.2, 0) is 9.59 Å². The number of rotatable bonds is 8. The molecule has 7 heteroatoms. The van der Waals surface area contributed by atoms with Gasteiger partial charge in [-0.3, -0.25) is 9.59 Å². The Morgan fingerprint density at radius 3 is 2.21 bits per heavy atom. The van der Waals surface area contributed by atoms with Crippen molar-refractivity contribution in [2.24, 2.45) is 11.8 Å². The van der Waals surface area contributed by atoms with Gasteiger partial charge in [0.2, 0.25) is 17.6 Å². The summed E-state index contributed by atoms with van der Waals surface area (Å²) in [6.07, 6.45) is 2.78. The molecular weight excluding hydrogens is 360 g/mol. The molecule has 0 unspecified atom stereocenters. The van der Waals surface area contributed by atoms with Crippen molar-refractivity contribution >= 4 is 11.8 Å². The lowest BCUT2D eigenvalue weighted by molar-refractivity contribution is -0.132. The number of hydrogen-bond acceptors (Lipinski definition) is 5. The van der Waals surface area contributed by atoms with Gasteiger partial charge in [0.25, 0.3) is 0 Å². The van der Waals surface area contributed by atoms with Crippen LogP contribution < -0.4 is 19.5 Å². The molecule has 1 heterocycles. The van der Waals surface area contributed by atoms with Crippen molar-refractivity contribution in [2.75, 3.05) is 41.0 Å². The number of benzene rings is 1. The largest absolute Gasteiger partial charge is 0.493 e. The number of ether oxygens (including phenoxy) is 3. The summed E-state index contributed by atoms with van der Waals surface area (Å²) >= 11 is 0. The molecule has 28 heavy (non-hydrogen) atoms. The lowest BCUT2D eigenvalue weighted by atomic mass is 9.88. The maximum absolute atomic E-state index is 12.8. The lowest BCUT2D eigenvalue weighted by Crippen LogP contribution is -2.36. The second-order valence-corrected chi connectivity index (χ2v) is 7.48. The number of amides is 2. The Kier molecular flexibility index (Phi) is 6.31. The molecular formula is C21H30N2O5. The first-order valence-electron chi connectivity index (χ1n) is 9.90. The molecule has 1 saturated heterocycles. The first kappa shape index (κ1) is 20.3. The minimum atomic E-state index is -0.294. The SMILES string of the molecule is CCCNC(=O)[C@H]1CN(C(=O)C2CC2)C[C@@H]1c1cc(OC)c(OC)c(OC)c1. The van der Waals surface area contributed by atoms with Crippen LogP contribution in [0.5, 0.6) is 17.2 Å². The molecule has 1 aromatic rings. The Morgan fingerprint density at radius 1 is 1.07 bits per heavy atom. The maximum Gasteiger partial charge on any atom is 0.225 e. The fourth-order valence-electron chi connectivity index (χ4n) is 3.87. The highest BCUT2D eigenvalue weighted by molar-refractivity contribution is 5.85. The number of nitrogens with zero attached hydrogens (tertiary/aromatic N) is 1. The Labute approximate surface area is 166 Å². The quantitative estimate of drug-likeness (QED) is 0.736. The van der Waals surface area contributed by atoms with Crippen molar-refractivity contribution in [3.05, 3.63) is 17.7 Å². The van der Waals surface area contributed by atoms with Crippen molar-refractivity contribution in [1.82, 2.24) is 10.2 Å². The van der Waals surface area contributed by atoms with Gasteiger partial charge in [-0.05, 0) is 37.0 Å². The van der Waals surface area contributed by atoms with E-state index in [1.165, 1.54) is 0 Å². The summed E-state index contributed by atoms with van der Waals surface area (Å²) in [4.78, 5) is 27.3. The van der Waals surface area contributed by atoms with Gasteiger partial charge in [-0.2, -0.15) is 0 Å². The van der Waals surface area contributed by atoms with Crippen LogP contribution in [-0.4, -0.2) is 57.7 Å². The van der Waals surface area contributed by atoms with E-state index in [9.17, 15) is 9.59 Å². The average Bonchev–Trinajstić information content (AvgIpc) is 3.48. The van der Waals surface area contributed by atoms with E-state index in [1.54, 1.807) is 21.3 Å². The van der Waals surface area contributed by atoms with Crippen LogP contribution >= 0.6 is 0 Å². The monoisotopic (exact) mass is 390 g/mol. The van der Waals surface area contributed by atoms with E-state index in [0.717, 1.165) is 24.8 Å². The normalized spacial score (nSPS) is 21.4. The van der Waals surface area contributed by atoms with E-state index in [-0.39, 0.29) is 29.6 Å². The molecule has 1 aliphatic carbocycles. The molecule has 2 aliphatic rings. The number of methoxy groups -OCH3 is 3. The smallest absolute Gasteiger partial charge is 0.225 e. The second-order valence-electron chi connectivity index (χ2n) is 7.48. The molecule has 0 aromatic heterocycles. The zero-order valence-electron chi connectivity index (χ0n) is 17.1. The zero-order chi connectivity index (χ0) is 20.3. The summed E-state index contributed by atoms with van der Waals surface area (Å²) < 4.78 is 16.4. The lowest BCUT2D eigenvalue weighted by Gasteiger charge is -2.21. The van der Waals surface area contributed by atoms with E-state index in [4.69, 9.17) is 14.2 Å². The van der Waals surface area contributed by atoms with Gasteiger partial charge in [0.1, 0.15) is 0 Å². The van der Waals surface area contributed by atoms with E-state index in [0.29, 0.717) is 36.9 Å². The molecule has 1 N–H and O–H groups in total. The third-order valence-electron chi connectivity index (χ3n) is 5.56. The highest BCUT2D eigenvalue weighted by atomic mass is 16.5. The van der Waals surface area contributed by atoms with Gasteiger partial charge < -0.3 is 24.4 Å². The fourth-order valence-corrected chi connectivity index (χ4v) is 3.87. The standard InChI is InChI=1S/C21H30N2O5/c1-5-8-22-20(24)16-12-23(21(25)13-6-7-13)11-15(16)14-9-17(26-2)19(28-4)18(10-14)27-3/h9-10,13,15-16H,5-8,11-12H2,1-4H3,(H,22,24)/t15-,16+/m1/s1. The predicted molar refractivity (Wildman–Crippen MR) is 105 cm³/mol. The summed E-state index contributed by atoms with van der Waals surface area (Å²) in [6, 6.07) is 3.77. The molecule has 2 amide bonds. The Balaban J connectivity index is 1.93.